The normalized spacial score (nSPS) is 14.3. The highest BCUT2D eigenvalue weighted by molar-refractivity contribution is 7.09. The van der Waals surface area contributed by atoms with Crippen LogP contribution in [0.5, 0.6) is 0 Å². The highest BCUT2D eigenvalue weighted by Crippen LogP contribution is 2.25. The van der Waals surface area contributed by atoms with Crippen molar-refractivity contribution in [2.75, 3.05) is 43.4 Å². The van der Waals surface area contributed by atoms with Crippen LogP contribution in [0.2, 0.25) is 5.02 Å². The van der Waals surface area contributed by atoms with Crippen LogP contribution in [0.4, 0.5) is 11.4 Å². The molecule has 0 bridgehead atoms. The molecule has 0 atom stereocenters. The van der Waals surface area contributed by atoms with E-state index in [0.717, 1.165) is 23.6 Å². The first-order valence-corrected chi connectivity index (χ1v) is 9.99. The van der Waals surface area contributed by atoms with Gasteiger partial charge in [-0.15, -0.1) is 0 Å². The van der Waals surface area contributed by atoms with E-state index in [4.69, 9.17) is 17.3 Å². The van der Waals surface area contributed by atoms with E-state index in [1.807, 2.05) is 31.2 Å². The number of nitrogens with one attached hydrogen (secondary N) is 1. The van der Waals surface area contributed by atoms with Gasteiger partial charge >= 0.3 is 0 Å². The lowest BCUT2D eigenvalue weighted by Crippen LogP contribution is -2.48. The number of nitrogens with zero attached hydrogens (tertiary/aromatic N) is 3. The molecular weight excluding hydrogens is 386 g/mol. The zero-order valence-electron chi connectivity index (χ0n) is 15.1. The van der Waals surface area contributed by atoms with Crippen molar-refractivity contribution in [1.29, 1.82) is 0 Å². The monoisotopic (exact) mass is 407 g/mol. The molecule has 1 aliphatic heterocycles. The number of nitrogens with two attached hydrogens (primary N) is 1. The number of anilines is 2. The summed E-state index contributed by atoms with van der Waals surface area (Å²) in [5.74, 6) is -0.513. The molecule has 2 amide bonds. The van der Waals surface area contributed by atoms with Crippen LogP contribution in [-0.4, -0.2) is 53.8 Å². The van der Waals surface area contributed by atoms with Gasteiger partial charge in [-0.2, -0.15) is 4.37 Å². The molecule has 27 heavy (non-hydrogen) atoms. The summed E-state index contributed by atoms with van der Waals surface area (Å²) in [5.41, 5.74) is 7.37. The minimum atomic E-state index is -0.338. The van der Waals surface area contributed by atoms with Gasteiger partial charge in [-0.3, -0.25) is 9.59 Å². The molecule has 0 aliphatic carbocycles. The Morgan fingerprint density at radius 2 is 2.04 bits per heavy atom. The number of piperazine rings is 1. The first kappa shape index (κ1) is 19.4. The maximum absolute atomic E-state index is 12.8. The molecule has 3 N–H and O–H groups in total. The number of rotatable bonds is 5. The third kappa shape index (κ3) is 4.33. The van der Waals surface area contributed by atoms with Gasteiger partial charge in [0, 0.05) is 43.4 Å². The molecule has 7 nitrogen and oxygen atoms in total. The highest BCUT2D eigenvalue weighted by Gasteiger charge is 2.28. The van der Waals surface area contributed by atoms with E-state index in [1.54, 1.807) is 4.90 Å². The second kappa shape index (κ2) is 8.58. The SMILES string of the molecule is CCCNC(=O)c1nsc(C(=O)N2CCN(c3cccc(Cl)c3)CC2)c1N. The van der Waals surface area contributed by atoms with E-state index in [1.165, 1.54) is 0 Å². The average molecular weight is 408 g/mol. The number of nitrogen functional groups attached to an aromatic ring is 1. The number of hydrogen-bond acceptors (Lipinski definition) is 6. The summed E-state index contributed by atoms with van der Waals surface area (Å²) in [6.45, 7) is 5.05. The number of hydrogen-bond donors (Lipinski definition) is 2. The van der Waals surface area contributed by atoms with Crippen LogP contribution in [0.15, 0.2) is 24.3 Å². The van der Waals surface area contributed by atoms with E-state index in [9.17, 15) is 9.59 Å². The van der Waals surface area contributed by atoms with E-state index < -0.39 is 0 Å². The van der Waals surface area contributed by atoms with Crippen molar-refractivity contribution in [3.8, 4) is 0 Å². The summed E-state index contributed by atoms with van der Waals surface area (Å²) in [5, 5.41) is 3.42. The van der Waals surface area contributed by atoms with Crippen molar-refractivity contribution in [2.24, 2.45) is 0 Å². The van der Waals surface area contributed by atoms with Crippen LogP contribution < -0.4 is 16.0 Å². The van der Waals surface area contributed by atoms with Crippen molar-refractivity contribution in [2.45, 2.75) is 13.3 Å². The summed E-state index contributed by atoms with van der Waals surface area (Å²) in [6.07, 6.45) is 0.818. The standard InChI is InChI=1S/C18H22ClN5O2S/c1-2-6-21-17(25)15-14(20)16(27-22-15)18(26)24-9-7-23(8-10-24)13-5-3-4-12(19)11-13/h3-5,11H,2,6-10,20H2,1H3,(H,21,25). The van der Waals surface area contributed by atoms with Gasteiger partial charge in [0.2, 0.25) is 0 Å². The van der Waals surface area contributed by atoms with Crippen LogP contribution in [0, 0.1) is 0 Å². The van der Waals surface area contributed by atoms with Crippen molar-refractivity contribution in [3.63, 3.8) is 0 Å². The molecule has 144 valence electrons. The quantitative estimate of drug-likeness (QED) is 0.794. The molecule has 1 aliphatic rings. The summed E-state index contributed by atoms with van der Waals surface area (Å²) < 4.78 is 4.09. The third-order valence-corrected chi connectivity index (χ3v) is 5.50. The lowest BCUT2D eigenvalue weighted by atomic mass is 10.2. The molecule has 3 rings (SSSR count). The Morgan fingerprint density at radius 1 is 1.30 bits per heavy atom. The van der Waals surface area contributed by atoms with Gasteiger partial charge in [0.15, 0.2) is 5.69 Å². The molecule has 9 heteroatoms. The maximum atomic E-state index is 12.8. The van der Waals surface area contributed by atoms with Crippen LogP contribution >= 0.6 is 23.1 Å². The largest absolute Gasteiger partial charge is 0.395 e. The number of halogens is 1. The topological polar surface area (TPSA) is 91.6 Å². The smallest absolute Gasteiger partial charge is 0.273 e. The zero-order valence-corrected chi connectivity index (χ0v) is 16.6. The fraction of sp³-hybridized carbons (Fsp3) is 0.389. The minimum absolute atomic E-state index is 0.134. The van der Waals surface area contributed by atoms with Gasteiger partial charge in [-0.05, 0) is 36.2 Å². The molecule has 0 radical (unpaired) electrons. The van der Waals surface area contributed by atoms with Gasteiger partial charge in [-0.1, -0.05) is 24.6 Å². The van der Waals surface area contributed by atoms with E-state index in [-0.39, 0.29) is 23.2 Å². The molecular formula is C18H22ClN5O2S. The summed E-state index contributed by atoms with van der Waals surface area (Å²) >= 11 is 7.04. The molecule has 1 aromatic carbocycles. The molecule has 1 aromatic heterocycles. The van der Waals surface area contributed by atoms with Crippen LogP contribution in [0.3, 0.4) is 0 Å². The molecule has 2 aromatic rings. The fourth-order valence-electron chi connectivity index (χ4n) is 2.92. The number of amides is 2. The van der Waals surface area contributed by atoms with E-state index >= 15 is 0 Å². The van der Waals surface area contributed by atoms with Crippen LogP contribution in [-0.2, 0) is 0 Å². The van der Waals surface area contributed by atoms with Crippen molar-refractivity contribution in [1.82, 2.24) is 14.6 Å². The number of aromatic nitrogens is 1. The van der Waals surface area contributed by atoms with E-state index in [2.05, 4.69) is 14.6 Å². The van der Waals surface area contributed by atoms with Gasteiger partial charge in [-0.25, -0.2) is 0 Å². The Balaban J connectivity index is 1.64. The summed E-state index contributed by atoms with van der Waals surface area (Å²) in [4.78, 5) is 29.2. The summed E-state index contributed by atoms with van der Waals surface area (Å²) in [6, 6.07) is 7.68. The molecule has 2 heterocycles. The second-order valence-electron chi connectivity index (χ2n) is 6.29. The first-order chi connectivity index (χ1) is 13.0. The van der Waals surface area contributed by atoms with Gasteiger partial charge in [0.25, 0.3) is 11.8 Å². The number of carbonyl (C=O) groups excluding carboxylic acids is 2. The predicted octanol–water partition coefficient (Wildman–Crippen LogP) is 2.48. The minimum Gasteiger partial charge on any atom is -0.395 e. The maximum Gasteiger partial charge on any atom is 0.273 e. The average Bonchev–Trinajstić information content (AvgIpc) is 3.07. The van der Waals surface area contributed by atoms with Crippen molar-refractivity contribution < 1.29 is 9.59 Å². The Morgan fingerprint density at radius 3 is 2.70 bits per heavy atom. The predicted molar refractivity (Wildman–Crippen MR) is 109 cm³/mol. The fourth-order valence-corrected chi connectivity index (χ4v) is 3.87. The Bertz CT molecular complexity index is 833. The number of carbonyl (C=O) groups is 2. The lowest BCUT2D eigenvalue weighted by molar-refractivity contribution is 0.0752. The van der Waals surface area contributed by atoms with Gasteiger partial charge < -0.3 is 20.9 Å². The van der Waals surface area contributed by atoms with Crippen LogP contribution in [0.25, 0.3) is 0 Å². The van der Waals surface area contributed by atoms with Gasteiger partial charge in [0.05, 0.1) is 5.69 Å². The molecule has 0 unspecified atom stereocenters. The van der Waals surface area contributed by atoms with Gasteiger partial charge in [0.1, 0.15) is 4.88 Å². The Kier molecular flexibility index (Phi) is 6.18. The summed E-state index contributed by atoms with van der Waals surface area (Å²) in [7, 11) is 0. The van der Waals surface area contributed by atoms with Crippen LogP contribution in [0.1, 0.15) is 33.5 Å². The number of benzene rings is 1. The Hall–Kier alpha value is -2.32. The second-order valence-corrected chi connectivity index (χ2v) is 7.50. The molecule has 1 saturated heterocycles. The molecule has 0 saturated carbocycles. The Labute approximate surface area is 167 Å². The zero-order chi connectivity index (χ0) is 19.4. The van der Waals surface area contributed by atoms with Crippen molar-refractivity contribution in [3.05, 3.63) is 39.9 Å². The lowest BCUT2D eigenvalue weighted by Gasteiger charge is -2.36. The molecule has 1 fully saturated rings. The molecule has 0 spiro atoms. The first-order valence-electron chi connectivity index (χ1n) is 8.84. The highest BCUT2D eigenvalue weighted by atomic mass is 35.5. The van der Waals surface area contributed by atoms with E-state index in [0.29, 0.717) is 42.6 Å². The third-order valence-electron chi connectivity index (χ3n) is 4.41. The van der Waals surface area contributed by atoms with Crippen molar-refractivity contribution >= 4 is 46.3 Å².